The Labute approximate surface area is 177 Å². The van der Waals surface area contributed by atoms with Gasteiger partial charge in [0.25, 0.3) is 0 Å². The number of ether oxygens (including phenoxy) is 1. The molecule has 0 bridgehead atoms. The lowest BCUT2D eigenvalue weighted by Crippen LogP contribution is -2.05. The van der Waals surface area contributed by atoms with E-state index in [9.17, 15) is 14.5 Å². The van der Waals surface area contributed by atoms with Gasteiger partial charge in [-0.05, 0) is 36.4 Å². The molecule has 0 fully saturated rings. The van der Waals surface area contributed by atoms with Crippen LogP contribution in [0, 0.1) is 15.9 Å². The van der Waals surface area contributed by atoms with E-state index in [1.807, 2.05) is 6.07 Å². The first kappa shape index (κ1) is 19.7. The van der Waals surface area contributed by atoms with E-state index in [1.165, 1.54) is 29.8 Å². The zero-order chi connectivity index (χ0) is 21.3. The van der Waals surface area contributed by atoms with Crippen LogP contribution in [0.4, 0.5) is 32.5 Å². The number of anilines is 4. The van der Waals surface area contributed by atoms with Gasteiger partial charge < -0.3 is 15.4 Å². The molecule has 0 spiro atoms. The van der Waals surface area contributed by atoms with Crippen molar-refractivity contribution in [2.45, 2.75) is 0 Å². The second kappa shape index (κ2) is 8.05. The number of aromatic nitrogens is 3. The molecule has 0 aliphatic carbocycles. The number of nitro groups is 1. The Morgan fingerprint density at radius 2 is 1.93 bits per heavy atom. The number of thiazole rings is 1. The maximum absolute atomic E-state index is 13.4. The molecule has 2 aromatic heterocycles. The van der Waals surface area contributed by atoms with Crippen molar-refractivity contribution in [3.05, 3.63) is 63.7 Å². The molecule has 9 nitrogen and oxygen atoms in total. The van der Waals surface area contributed by atoms with Crippen LogP contribution >= 0.6 is 22.9 Å². The van der Waals surface area contributed by atoms with Crippen LogP contribution < -0.4 is 15.4 Å². The van der Waals surface area contributed by atoms with Gasteiger partial charge in [0.05, 0.1) is 27.3 Å². The molecule has 0 saturated carbocycles. The van der Waals surface area contributed by atoms with Crippen molar-refractivity contribution in [1.29, 1.82) is 0 Å². The van der Waals surface area contributed by atoms with Crippen LogP contribution in [0.3, 0.4) is 0 Å². The van der Waals surface area contributed by atoms with Crippen LogP contribution in [0.2, 0.25) is 5.02 Å². The molecule has 2 heterocycles. The van der Waals surface area contributed by atoms with Gasteiger partial charge in [-0.15, -0.1) is 0 Å². The summed E-state index contributed by atoms with van der Waals surface area (Å²) in [6, 6.07) is 9.21. The number of nitrogens with zero attached hydrogens (tertiary/aromatic N) is 4. The van der Waals surface area contributed by atoms with Crippen molar-refractivity contribution < 1.29 is 14.1 Å². The topological polar surface area (TPSA) is 115 Å². The second-order valence-corrected chi connectivity index (χ2v) is 7.35. The van der Waals surface area contributed by atoms with Crippen LogP contribution in [0.5, 0.6) is 5.75 Å². The van der Waals surface area contributed by atoms with Crippen molar-refractivity contribution in [1.82, 2.24) is 15.0 Å². The molecule has 0 radical (unpaired) electrons. The fourth-order valence-electron chi connectivity index (χ4n) is 2.63. The summed E-state index contributed by atoms with van der Waals surface area (Å²) in [5.41, 5.74) is 0.648. The Morgan fingerprint density at radius 3 is 2.63 bits per heavy atom. The third kappa shape index (κ3) is 3.93. The molecule has 0 aliphatic heterocycles. The minimum atomic E-state index is -0.619. The molecule has 152 valence electrons. The predicted molar refractivity (Wildman–Crippen MR) is 113 cm³/mol. The van der Waals surface area contributed by atoms with Gasteiger partial charge in [0, 0.05) is 5.69 Å². The lowest BCUT2D eigenvalue weighted by Gasteiger charge is -2.09. The highest BCUT2D eigenvalue weighted by Crippen LogP contribution is 2.36. The van der Waals surface area contributed by atoms with E-state index < -0.39 is 16.4 Å². The molecule has 12 heteroatoms. The normalized spacial score (nSPS) is 10.8. The summed E-state index contributed by atoms with van der Waals surface area (Å²) in [6.07, 6.45) is 1.17. The number of hydrogen-bond acceptors (Lipinski definition) is 9. The summed E-state index contributed by atoms with van der Waals surface area (Å²) in [7, 11) is 1.56. The Morgan fingerprint density at radius 1 is 1.17 bits per heavy atom. The quantitative estimate of drug-likeness (QED) is 0.303. The lowest BCUT2D eigenvalue weighted by molar-refractivity contribution is -0.383. The number of fused-ring (bicyclic) bond motifs is 1. The molecule has 0 aliphatic rings. The van der Waals surface area contributed by atoms with Gasteiger partial charge in [0.1, 0.15) is 17.9 Å². The number of halogens is 2. The molecular formula is C18H12ClFN6O3S. The summed E-state index contributed by atoms with van der Waals surface area (Å²) < 4.78 is 19.4. The molecule has 0 unspecified atom stereocenters. The van der Waals surface area contributed by atoms with Gasteiger partial charge >= 0.3 is 5.69 Å². The Bertz CT molecular complexity index is 1270. The molecule has 4 aromatic rings. The fourth-order valence-corrected chi connectivity index (χ4v) is 3.71. The van der Waals surface area contributed by atoms with Crippen molar-refractivity contribution >= 4 is 61.3 Å². The zero-order valence-corrected chi connectivity index (χ0v) is 16.8. The van der Waals surface area contributed by atoms with Gasteiger partial charge in [-0.25, -0.2) is 19.3 Å². The van der Waals surface area contributed by atoms with Crippen LogP contribution in [0.25, 0.3) is 10.2 Å². The standard InChI is InChI=1S/C18H12ClFN6O3S/c1-29-10-3-5-13-14(7-10)30-18(24-13)25-17-15(26(27)28)16(21-8-22-17)23-9-2-4-12(20)11(19)6-9/h2-8H,1H3,(H2,21,22,23,24,25). The number of nitrogens with one attached hydrogen (secondary N) is 2. The first-order chi connectivity index (χ1) is 14.4. The van der Waals surface area contributed by atoms with E-state index in [4.69, 9.17) is 16.3 Å². The van der Waals surface area contributed by atoms with Gasteiger partial charge in [-0.1, -0.05) is 22.9 Å². The minimum Gasteiger partial charge on any atom is -0.497 e. The molecule has 0 saturated heterocycles. The molecule has 4 rings (SSSR count). The number of benzene rings is 2. The monoisotopic (exact) mass is 446 g/mol. The third-order valence-corrected chi connectivity index (χ3v) is 5.23. The van der Waals surface area contributed by atoms with E-state index in [2.05, 4.69) is 25.6 Å². The minimum absolute atomic E-state index is 0.0447. The van der Waals surface area contributed by atoms with Crippen LogP contribution in [0.1, 0.15) is 0 Å². The lowest BCUT2D eigenvalue weighted by atomic mass is 10.3. The summed E-state index contributed by atoms with van der Waals surface area (Å²) in [6.45, 7) is 0. The molecule has 0 atom stereocenters. The first-order valence-corrected chi connectivity index (χ1v) is 9.57. The van der Waals surface area contributed by atoms with Gasteiger partial charge in [-0.3, -0.25) is 10.1 Å². The van der Waals surface area contributed by atoms with Crippen LogP contribution in [-0.4, -0.2) is 27.0 Å². The van der Waals surface area contributed by atoms with Crippen molar-refractivity contribution in [2.75, 3.05) is 17.7 Å². The number of hydrogen-bond donors (Lipinski definition) is 2. The van der Waals surface area contributed by atoms with E-state index in [0.29, 0.717) is 22.1 Å². The maximum Gasteiger partial charge on any atom is 0.353 e. The predicted octanol–water partition coefficient (Wildman–Crippen LogP) is 5.28. The van der Waals surface area contributed by atoms with Crippen LogP contribution in [-0.2, 0) is 0 Å². The summed E-state index contributed by atoms with van der Waals surface area (Å²) >= 11 is 7.06. The molecule has 2 N–H and O–H groups in total. The molecule has 2 aromatic carbocycles. The Kier molecular flexibility index (Phi) is 5.29. The molecule has 30 heavy (non-hydrogen) atoms. The van der Waals surface area contributed by atoms with Crippen molar-refractivity contribution in [2.24, 2.45) is 0 Å². The molecule has 0 amide bonds. The van der Waals surface area contributed by atoms with Gasteiger partial charge in [0.2, 0.25) is 11.6 Å². The smallest absolute Gasteiger partial charge is 0.353 e. The molecular weight excluding hydrogens is 435 g/mol. The second-order valence-electron chi connectivity index (χ2n) is 5.91. The number of rotatable bonds is 6. The summed E-state index contributed by atoms with van der Waals surface area (Å²) in [4.78, 5) is 23.4. The average molecular weight is 447 g/mol. The third-order valence-electron chi connectivity index (χ3n) is 4.01. The number of methoxy groups -OCH3 is 1. The van der Waals surface area contributed by atoms with E-state index in [-0.39, 0.29) is 16.7 Å². The highest BCUT2D eigenvalue weighted by atomic mass is 35.5. The van der Waals surface area contributed by atoms with Gasteiger partial charge in [0.15, 0.2) is 5.13 Å². The van der Waals surface area contributed by atoms with Crippen molar-refractivity contribution in [3.8, 4) is 5.75 Å². The maximum atomic E-state index is 13.4. The highest BCUT2D eigenvalue weighted by Gasteiger charge is 2.24. The van der Waals surface area contributed by atoms with Gasteiger partial charge in [-0.2, -0.15) is 0 Å². The Balaban J connectivity index is 1.69. The summed E-state index contributed by atoms with van der Waals surface area (Å²) in [5.74, 6) is -0.0518. The van der Waals surface area contributed by atoms with E-state index in [1.54, 1.807) is 19.2 Å². The SMILES string of the molecule is COc1ccc2nc(Nc3ncnc(Nc4ccc(F)c(Cl)c4)c3[N+](=O)[O-])sc2c1. The zero-order valence-electron chi connectivity index (χ0n) is 15.2. The van der Waals surface area contributed by atoms with E-state index in [0.717, 1.165) is 10.8 Å². The fraction of sp³-hybridized carbons (Fsp3) is 0.0556. The van der Waals surface area contributed by atoms with Crippen molar-refractivity contribution in [3.63, 3.8) is 0 Å². The van der Waals surface area contributed by atoms with Crippen LogP contribution in [0.15, 0.2) is 42.7 Å². The summed E-state index contributed by atoms with van der Waals surface area (Å²) in [5, 5.41) is 17.7. The van der Waals surface area contributed by atoms with E-state index >= 15 is 0 Å². The average Bonchev–Trinajstić information content (AvgIpc) is 3.12. The Hall–Kier alpha value is -3.57. The first-order valence-electron chi connectivity index (χ1n) is 8.37. The highest BCUT2D eigenvalue weighted by molar-refractivity contribution is 7.22. The largest absolute Gasteiger partial charge is 0.497 e.